The third kappa shape index (κ3) is 3.59. The predicted octanol–water partition coefficient (Wildman–Crippen LogP) is 3.58. The second-order valence-electron chi connectivity index (χ2n) is 5.54. The molecule has 0 bridgehead atoms. The standard InChI is InChI=1S/C14H18BrF2NO2/c15-12-7-18(19)6-3-13(12)20-8-11-1-4-14(9-16,10-17)5-2-11/h3,6-7,11H,1-2,4-5,8-10H2. The van der Waals surface area contributed by atoms with E-state index in [-0.39, 0.29) is 0 Å². The number of ether oxygens (including phenoxy) is 1. The lowest BCUT2D eigenvalue weighted by molar-refractivity contribution is -0.606. The number of rotatable bonds is 5. The van der Waals surface area contributed by atoms with Crippen LogP contribution < -0.4 is 9.47 Å². The Bertz CT molecular complexity index is 445. The Kier molecular flexibility index (Phi) is 5.18. The maximum absolute atomic E-state index is 12.9. The van der Waals surface area contributed by atoms with Crippen molar-refractivity contribution in [1.82, 2.24) is 0 Å². The maximum atomic E-state index is 12.9. The molecule has 112 valence electrons. The van der Waals surface area contributed by atoms with Crippen LogP contribution in [0.5, 0.6) is 5.75 Å². The second kappa shape index (κ2) is 6.70. The maximum Gasteiger partial charge on any atom is 0.198 e. The zero-order valence-electron chi connectivity index (χ0n) is 11.2. The van der Waals surface area contributed by atoms with Gasteiger partial charge in [-0.05, 0) is 47.5 Å². The predicted molar refractivity (Wildman–Crippen MR) is 74.9 cm³/mol. The average Bonchev–Trinajstić information content (AvgIpc) is 2.47. The van der Waals surface area contributed by atoms with Crippen LogP contribution in [0.2, 0.25) is 0 Å². The van der Waals surface area contributed by atoms with Crippen molar-refractivity contribution in [3.05, 3.63) is 28.1 Å². The molecule has 2 rings (SSSR count). The normalized spacial score (nSPS) is 18.9. The average molecular weight is 350 g/mol. The SMILES string of the molecule is [O-][n+]1ccc(OCC2CCC(CF)(CF)CC2)c(Br)c1. The molecule has 1 aliphatic rings. The lowest BCUT2D eigenvalue weighted by Gasteiger charge is -2.35. The molecule has 0 N–H and O–H groups in total. The monoisotopic (exact) mass is 349 g/mol. The number of pyridine rings is 1. The van der Waals surface area contributed by atoms with Gasteiger partial charge in [-0.2, -0.15) is 4.73 Å². The highest BCUT2D eigenvalue weighted by molar-refractivity contribution is 9.10. The molecule has 20 heavy (non-hydrogen) atoms. The summed E-state index contributed by atoms with van der Waals surface area (Å²) in [6.07, 6.45) is 5.46. The summed E-state index contributed by atoms with van der Waals surface area (Å²) in [6, 6.07) is 1.60. The molecule has 0 amide bonds. The molecule has 6 heteroatoms. The van der Waals surface area contributed by atoms with E-state index in [2.05, 4.69) is 15.9 Å². The summed E-state index contributed by atoms with van der Waals surface area (Å²) in [4.78, 5) is 0. The van der Waals surface area contributed by atoms with E-state index in [0.29, 0.717) is 40.3 Å². The van der Waals surface area contributed by atoms with Gasteiger partial charge in [0, 0.05) is 11.5 Å². The number of nitrogens with zero attached hydrogens (tertiary/aromatic N) is 1. The molecule has 0 radical (unpaired) electrons. The van der Waals surface area contributed by atoms with Crippen molar-refractivity contribution in [2.24, 2.45) is 11.3 Å². The van der Waals surface area contributed by atoms with Crippen LogP contribution in [-0.2, 0) is 0 Å². The summed E-state index contributed by atoms with van der Waals surface area (Å²) >= 11 is 3.27. The summed E-state index contributed by atoms with van der Waals surface area (Å²) in [5, 5.41) is 11.0. The van der Waals surface area contributed by atoms with E-state index in [1.54, 1.807) is 6.07 Å². The van der Waals surface area contributed by atoms with Crippen LogP contribution in [0.3, 0.4) is 0 Å². The molecule has 1 aliphatic carbocycles. The van der Waals surface area contributed by atoms with Crippen molar-refractivity contribution in [2.45, 2.75) is 25.7 Å². The fourth-order valence-corrected chi connectivity index (χ4v) is 2.97. The Balaban J connectivity index is 1.84. The third-order valence-electron chi connectivity index (χ3n) is 4.06. The summed E-state index contributed by atoms with van der Waals surface area (Å²) < 4.78 is 32.8. The highest BCUT2D eigenvalue weighted by atomic mass is 79.9. The zero-order chi connectivity index (χ0) is 14.6. The highest BCUT2D eigenvalue weighted by Gasteiger charge is 2.35. The van der Waals surface area contributed by atoms with Crippen molar-refractivity contribution in [2.75, 3.05) is 20.0 Å². The first-order valence-corrected chi connectivity index (χ1v) is 7.51. The molecule has 1 saturated carbocycles. The molecule has 0 aliphatic heterocycles. The van der Waals surface area contributed by atoms with Crippen molar-refractivity contribution < 1.29 is 18.2 Å². The number of aromatic nitrogens is 1. The van der Waals surface area contributed by atoms with Crippen LogP contribution in [-0.4, -0.2) is 20.0 Å². The van der Waals surface area contributed by atoms with Gasteiger partial charge in [-0.25, -0.2) is 0 Å². The fourth-order valence-electron chi connectivity index (χ4n) is 2.52. The van der Waals surface area contributed by atoms with Crippen molar-refractivity contribution in [1.29, 1.82) is 0 Å². The first-order chi connectivity index (χ1) is 9.58. The van der Waals surface area contributed by atoms with Crippen molar-refractivity contribution in [3.63, 3.8) is 0 Å². The molecule has 1 heterocycles. The van der Waals surface area contributed by atoms with Gasteiger partial charge in [0.2, 0.25) is 0 Å². The molecular weight excluding hydrogens is 332 g/mol. The van der Waals surface area contributed by atoms with Crippen LogP contribution in [0.15, 0.2) is 22.9 Å². The molecule has 1 aromatic rings. The number of alkyl halides is 2. The highest BCUT2D eigenvalue weighted by Crippen LogP contribution is 2.40. The van der Waals surface area contributed by atoms with E-state index >= 15 is 0 Å². The molecular formula is C14H18BrF2NO2. The van der Waals surface area contributed by atoms with E-state index in [0.717, 1.165) is 12.8 Å². The molecule has 1 aromatic heterocycles. The van der Waals surface area contributed by atoms with E-state index in [9.17, 15) is 14.0 Å². The Hall–Kier alpha value is -0.910. The van der Waals surface area contributed by atoms with Gasteiger partial charge in [-0.3, -0.25) is 8.78 Å². The smallest absolute Gasteiger partial charge is 0.198 e. The van der Waals surface area contributed by atoms with E-state index < -0.39 is 18.8 Å². The first kappa shape index (κ1) is 15.5. The van der Waals surface area contributed by atoms with E-state index in [1.165, 1.54) is 12.4 Å². The van der Waals surface area contributed by atoms with E-state index in [4.69, 9.17) is 4.74 Å². The van der Waals surface area contributed by atoms with E-state index in [1.807, 2.05) is 0 Å². The lowest BCUT2D eigenvalue weighted by Crippen LogP contribution is -2.33. The molecule has 1 fully saturated rings. The Morgan fingerprint density at radius 1 is 1.35 bits per heavy atom. The van der Waals surface area contributed by atoms with Crippen LogP contribution in [0.4, 0.5) is 8.78 Å². The summed E-state index contributed by atoms with van der Waals surface area (Å²) in [5.74, 6) is 0.928. The van der Waals surface area contributed by atoms with Crippen molar-refractivity contribution >= 4 is 15.9 Å². The largest absolute Gasteiger partial charge is 0.619 e. The summed E-state index contributed by atoms with van der Waals surface area (Å²) in [6.45, 7) is -0.647. The van der Waals surface area contributed by atoms with Crippen LogP contribution in [0.1, 0.15) is 25.7 Å². The molecule has 0 unspecified atom stereocenters. The van der Waals surface area contributed by atoms with Gasteiger partial charge in [0.05, 0.1) is 20.0 Å². The quantitative estimate of drug-likeness (QED) is 0.601. The zero-order valence-corrected chi connectivity index (χ0v) is 12.7. The second-order valence-corrected chi connectivity index (χ2v) is 6.39. The first-order valence-electron chi connectivity index (χ1n) is 6.71. The van der Waals surface area contributed by atoms with Gasteiger partial charge >= 0.3 is 0 Å². The summed E-state index contributed by atoms with van der Waals surface area (Å²) in [5.41, 5.74) is -0.752. The Morgan fingerprint density at radius 3 is 2.55 bits per heavy atom. The molecule has 0 aromatic carbocycles. The number of hydrogen-bond donors (Lipinski definition) is 0. The molecule has 0 atom stereocenters. The third-order valence-corrected chi connectivity index (χ3v) is 4.65. The van der Waals surface area contributed by atoms with Gasteiger partial charge in [-0.1, -0.05) is 0 Å². The summed E-state index contributed by atoms with van der Waals surface area (Å²) in [7, 11) is 0. The van der Waals surface area contributed by atoms with Gasteiger partial charge in [0.25, 0.3) is 0 Å². The minimum atomic E-state index is -0.752. The van der Waals surface area contributed by atoms with Gasteiger partial charge in [0.1, 0.15) is 10.2 Å². The van der Waals surface area contributed by atoms with Gasteiger partial charge in [0.15, 0.2) is 12.4 Å². The lowest BCUT2D eigenvalue weighted by atomic mass is 9.72. The van der Waals surface area contributed by atoms with Crippen molar-refractivity contribution in [3.8, 4) is 5.75 Å². The van der Waals surface area contributed by atoms with Gasteiger partial charge < -0.3 is 9.94 Å². The number of hydrogen-bond acceptors (Lipinski definition) is 2. The molecule has 0 spiro atoms. The van der Waals surface area contributed by atoms with Crippen LogP contribution in [0, 0.1) is 16.5 Å². The minimum absolute atomic E-state index is 0.313. The number of halogens is 3. The molecule has 3 nitrogen and oxygen atoms in total. The fraction of sp³-hybridized carbons (Fsp3) is 0.643. The van der Waals surface area contributed by atoms with Crippen LogP contribution in [0.25, 0.3) is 0 Å². The Morgan fingerprint density at radius 2 is 2.00 bits per heavy atom. The van der Waals surface area contributed by atoms with Crippen LogP contribution >= 0.6 is 15.9 Å². The Labute approximate surface area is 125 Å². The topological polar surface area (TPSA) is 36.2 Å². The minimum Gasteiger partial charge on any atom is -0.619 e. The molecule has 0 saturated heterocycles. The van der Waals surface area contributed by atoms with Gasteiger partial charge in [-0.15, -0.1) is 0 Å².